The van der Waals surface area contributed by atoms with Crippen molar-refractivity contribution < 1.29 is 18.6 Å². The van der Waals surface area contributed by atoms with Gasteiger partial charge in [-0.2, -0.15) is 0 Å². The number of hydrogen-bond acceptors (Lipinski definition) is 4. The standard InChI is InChI=1S/C36H42B2O4Si/c1-33(2)34(3,4)40-37(39-33)27-24-28(38-41-35(5,6)36(7,8)42-38)26-32(25-27)43(29-18-12-9-13-19-29,30-20-14-10-15-21-30)31-22-16-11-17-23-31/h9-26H,1-8H3. The number of benzene rings is 4. The lowest BCUT2D eigenvalue weighted by atomic mass is 9.72. The summed E-state index contributed by atoms with van der Waals surface area (Å²) < 4.78 is 26.6. The molecule has 0 bridgehead atoms. The van der Waals surface area contributed by atoms with E-state index in [9.17, 15) is 0 Å². The third kappa shape index (κ3) is 5.05. The molecule has 2 aliphatic rings. The number of rotatable bonds is 6. The lowest BCUT2D eigenvalue weighted by molar-refractivity contribution is 0.00578. The van der Waals surface area contributed by atoms with E-state index in [1.807, 2.05) is 0 Å². The van der Waals surface area contributed by atoms with Gasteiger partial charge < -0.3 is 18.6 Å². The molecule has 0 N–H and O–H groups in total. The van der Waals surface area contributed by atoms with Gasteiger partial charge in [-0.05, 0) is 87.1 Å². The van der Waals surface area contributed by atoms with Gasteiger partial charge in [-0.3, -0.25) is 0 Å². The molecule has 2 aliphatic heterocycles. The summed E-state index contributed by atoms with van der Waals surface area (Å²) in [7, 11) is -3.88. The Balaban J connectivity index is 1.66. The van der Waals surface area contributed by atoms with Gasteiger partial charge in [-0.1, -0.05) is 109 Å². The summed E-state index contributed by atoms with van der Waals surface area (Å²) in [4.78, 5) is 0. The molecule has 43 heavy (non-hydrogen) atoms. The van der Waals surface area contributed by atoms with E-state index >= 15 is 0 Å². The van der Waals surface area contributed by atoms with Crippen molar-refractivity contribution in [2.24, 2.45) is 0 Å². The Morgan fingerprint density at radius 2 is 0.674 bits per heavy atom. The fraction of sp³-hybridized carbons (Fsp3) is 0.333. The van der Waals surface area contributed by atoms with Crippen LogP contribution in [-0.4, -0.2) is 44.7 Å². The monoisotopic (exact) mass is 588 g/mol. The molecule has 0 spiro atoms. The molecule has 4 nitrogen and oxygen atoms in total. The van der Waals surface area contributed by atoms with Crippen LogP contribution in [-0.2, 0) is 18.6 Å². The van der Waals surface area contributed by atoms with Crippen molar-refractivity contribution in [1.82, 2.24) is 0 Å². The molecule has 0 radical (unpaired) electrons. The normalized spacial score (nSPS) is 20.4. The lowest BCUT2D eigenvalue weighted by Crippen LogP contribution is -2.75. The highest BCUT2D eigenvalue weighted by Gasteiger charge is 2.55. The molecule has 2 fully saturated rings. The lowest BCUT2D eigenvalue weighted by Gasteiger charge is -2.35. The van der Waals surface area contributed by atoms with E-state index in [1.54, 1.807) is 0 Å². The Bertz CT molecular complexity index is 1410. The molecule has 6 rings (SSSR count). The molecule has 2 heterocycles. The highest BCUT2D eigenvalue weighted by Crippen LogP contribution is 2.38. The van der Waals surface area contributed by atoms with Crippen LogP contribution in [0.1, 0.15) is 55.4 Å². The zero-order valence-electron chi connectivity index (χ0n) is 26.7. The van der Waals surface area contributed by atoms with Crippen LogP contribution in [0.2, 0.25) is 0 Å². The zero-order valence-corrected chi connectivity index (χ0v) is 27.7. The Labute approximate surface area is 259 Å². The van der Waals surface area contributed by atoms with Gasteiger partial charge in [0.25, 0.3) is 0 Å². The van der Waals surface area contributed by atoms with Gasteiger partial charge in [0.05, 0.1) is 22.4 Å². The number of hydrogen-bond donors (Lipinski definition) is 0. The average molecular weight is 588 g/mol. The molecule has 0 atom stereocenters. The molecule has 0 amide bonds. The maximum Gasteiger partial charge on any atom is 0.494 e. The van der Waals surface area contributed by atoms with Crippen LogP contribution in [0.4, 0.5) is 0 Å². The van der Waals surface area contributed by atoms with Crippen LogP contribution in [0.5, 0.6) is 0 Å². The van der Waals surface area contributed by atoms with Crippen LogP contribution >= 0.6 is 0 Å². The first kappa shape index (κ1) is 30.1. The van der Waals surface area contributed by atoms with E-state index in [0.717, 1.165) is 10.9 Å². The van der Waals surface area contributed by atoms with Crippen molar-refractivity contribution in [3.05, 3.63) is 109 Å². The van der Waals surface area contributed by atoms with E-state index in [4.69, 9.17) is 18.6 Å². The summed E-state index contributed by atoms with van der Waals surface area (Å²) in [5.41, 5.74) is 0.0763. The molecule has 0 saturated carbocycles. The predicted molar refractivity (Wildman–Crippen MR) is 181 cm³/mol. The molecule has 0 aromatic heterocycles. The Morgan fingerprint density at radius 3 is 0.953 bits per heavy atom. The van der Waals surface area contributed by atoms with E-state index < -0.39 is 44.7 Å². The quantitative estimate of drug-likeness (QED) is 0.255. The first-order valence-electron chi connectivity index (χ1n) is 15.3. The Morgan fingerprint density at radius 1 is 0.395 bits per heavy atom. The van der Waals surface area contributed by atoms with Gasteiger partial charge in [0.15, 0.2) is 8.07 Å². The molecule has 220 valence electrons. The van der Waals surface area contributed by atoms with Gasteiger partial charge in [0.2, 0.25) is 0 Å². The van der Waals surface area contributed by atoms with E-state index in [2.05, 4.69) is 165 Å². The summed E-state index contributed by atoms with van der Waals surface area (Å²) in [5, 5.41) is 5.14. The van der Waals surface area contributed by atoms with Crippen molar-refractivity contribution in [3.8, 4) is 0 Å². The first-order valence-corrected chi connectivity index (χ1v) is 17.3. The third-order valence-corrected chi connectivity index (χ3v) is 14.8. The minimum absolute atomic E-state index is 0.467. The highest BCUT2D eigenvalue weighted by molar-refractivity contribution is 7.20. The molecular weight excluding hydrogens is 546 g/mol. The van der Waals surface area contributed by atoms with Gasteiger partial charge in [-0.25, -0.2) is 0 Å². The van der Waals surface area contributed by atoms with Gasteiger partial charge in [0, 0.05) is 0 Å². The first-order chi connectivity index (χ1) is 20.3. The maximum absolute atomic E-state index is 6.65. The topological polar surface area (TPSA) is 36.9 Å². The van der Waals surface area contributed by atoms with Crippen molar-refractivity contribution in [3.63, 3.8) is 0 Å². The van der Waals surface area contributed by atoms with E-state index in [1.165, 1.54) is 20.7 Å². The van der Waals surface area contributed by atoms with Crippen molar-refractivity contribution >= 4 is 54.0 Å². The highest BCUT2D eigenvalue weighted by atomic mass is 28.3. The Hall–Kier alpha value is -2.93. The van der Waals surface area contributed by atoms with Crippen LogP contribution in [0.15, 0.2) is 109 Å². The van der Waals surface area contributed by atoms with Crippen molar-refractivity contribution in [1.29, 1.82) is 0 Å². The molecule has 4 aromatic rings. The fourth-order valence-corrected chi connectivity index (χ4v) is 11.0. The van der Waals surface area contributed by atoms with Gasteiger partial charge >= 0.3 is 14.2 Å². The minimum atomic E-state index is -2.83. The van der Waals surface area contributed by atoms with Crippen molar-refractivity contribution in [2.45, 2.75) is 77.8 Å². The van der Waals surface area contributed by atoms with Gasteiger partial charge in [0.1, 0.15) is 0 Å². The summed E-state index contributed by atoms with van der Waals surface area (Å²) in [6, 6.07) is 39.6. The van der Waals surface area contributed by atoms with Crippen LogP contribution in [0.25, 0.3) is 0 Å². The third-order valence-electron chi connectivity index (χ3n) is 10.1. The Kier molecular flexibility index (Phi) is 7.42. The molecule has 0 aliphatic carbocycles. The average Bonchev–Trinajstić information content (AvgIpc) is 3.34. The fourth-order valence-electron chi connectivity index (χ4n) is 6.19. The molecular formula is C36H42B2O4Si. The van der Waals surface area contributed by atoms with Crippen molar-refractivity contribution in [2.75, 3.05) is 0 Å². The van der Waals surface area contributed by atoms with E-state index in [-0.39, 0.29) is 0 Å². The zero-order chi connectivity index (χ0) is 30.7. The summed E-state index contributed by atoms with van der Waals surface area (Å²) in [5.74, 6) is 0. The molecule has 2 saturated heterocycles. The second-order valence-electron chi connectivity index (χ2n) is 13.9. The maximum atomic E-state index is 6.65. The summed E-state index contributed by atoms with van der Waals surface area (Å²) >= 11 is 0. The minimum Gasteiger partial charge on any atom is -0.399 e. The molecule has 0 unspecified atom stereocenters. The van der Waals surface area contributed by atoms with Crippen LogP contribution in [0.3, 0.4) is 0 Å². The smallest absolute Gasteiger partial charge is 0.399 e. The predicted octanol–water partition coefficient (Wildman–Crippen LogP) is 3.66. The second-order valence-corrected chi connectivity index (χ2v) is 17.7. The molecule has 4 aromatic carbocycles. The van der Waals surface area contributed by atoms with E-state index in [0.29, 0.717) is 0 Å². The van der Waals surface area contributed by atoms with Crippen LogP contribution < -0.4 is 31.7 Å². The van der Waals surface area contributed by atoms with Gasteiger partial charge in [-0.15, -0.1) is 0 Å². The second kappa shape index (κ2) is 10.6. The van der Waals surface area contributed by atoms with Crippen LogP contribution in [0, 0.1) is 0 Å². The SMILES string of the molecule is CC1(C)OB(c2cc(B3OC(C)(C)C(C)(C)O3)cc([Si](c3ccccc3)(c3ccccc3)c3ccccc3)c2)OC1(C)C. The summed E-state index contributed by atoms with van der Waals surface area (Å²) in [6.07, 6.45) is 0. The largest absolute Gasteiger partial charge is 0.494 e. The molecule has 7 heteroatoms. The summed E-state index contributed by atoms with van der Waals surface area (Å²) in [6.45, 7) is 16.8.